The molecule has 5 heteroatoms. The van der Waals surface area contributed by atoms with Gasteiger partial charge in [-0.3, -0.25) is 4.79 Å². The highest BCUT2D eigenvalue weighted by Crippen LogP contribution is 2.27. The predicted octanol–water partition coefficient (Wildman–Crippen LogP) is 2.90. The average molecular weight is 368 g/mol. The van der Waals surface area contributed by atoms with E-state index >= 15 is 0 Å². The molecule has 0 N–H and O–H groups in total. The number of methoxy groups -OCH3 is 1. The third kappa shape index (κ3) is 4.80. The molecule has 0 unspecified atom stereocenters. The lowest BCUT2D eigenvalue weighted by molar-refractivity contribution is -0.134. The van der Waals surface area contributed by atoms with E-state index in [0.717, 1.165) is 29.2 Å². The monoisotopic (exact) mass is 368 g/mol. The van der Waals surface area contributed by atoms with Gasteiger partial charge in [0, 0.05) is 18.7 Å². The van der Waals surface area contributed by atoms with E-state index in [4.69, 9.17) is 9.47 Å². The predicted molar refractivity (Wildman–Crippen MR) is 106 cm³/mol. The number of hydrogen-bond donors (Lipinski definition) is 0. The summed E-state index contributed by atoms with van der Waals surface area (Å²) in [5.41, 5.74) is 3.23. The van der Waals surface area contributed by atoms with Crippen molar-refractivity contribution < 1.29 is 14.3 Å². The van der Waals surface area contributed by atoms with Crippen molar-refractivity contribution in [1.29, 1.82) is 0 Å². The molecule has 1 atom stereocenters. The fourth-order valence-corrected chi connectivity index (χ4v) is 3.45. The number of ether oxygens (including phenoxy) is 2. The normalized spacial score (nSPS) is 16.5. The van der Waals surface area contributed by atoms with E-state index in [2.05, 4.69) is 24.0 Å². The smallest absolute Gasteiger partial charge is 0.227 e. The van der Waals surface area contributed by atoms with Crippen LogP contribution in [0.3, 0.4) is 0 Å². The molecule has 0 spiro atoms. The minimum atomic E-state index is 0.0125. The third-order valence-electron chi connectivity index (χ3n) is 4.84. The second kappa shape index (κ2) is 8.44. The van der Waals surface area contributed by atoms with E-state index in [-0.39, 0.29) is 11.9 Å². The van der Waals surface area contributed by atoms with Crippen molar-refractivity contribution in [3.05, 3.63) is 59.2 Å². The lowest BCUT2D eigenvalue weighted by atomic mass is 10.1. The Morgan fingerprint density at radius 3 is 2.63 bits per heavy atom. The molecule has 1 aliphatic rings. The van der Waals surface area contributed by atoms with E-state index in [1.807, 2.05) is 49.3 Å². The molecule has 0 saturated carbocycles. The first-order chi connectivity index (χ1) is 13.0. The van der Waals surface area contributed by atoms with Gasteiger partial charge in [0.15, 0.2) is 0 Å². The molecule has 0 aromatic heterocycles. The van der Waals surface area contributed by atoms with Crippen molar-refractivity contribution in [2.75, 3.05) is 34.4 Å². The van der Waals surface area contributed by atoms with Gasteiger partial charge in [0.25, 0.3) is 0 Å². The Labute approximate surface area is 161 Å². The molecule has 0 fully saturated rings. The third-order valence-corrected chi connectivity index (χ3v) is 4.84. The number of carbonyl (C=O) groups excluding carboxylic acids is 1. The molecule has 5 nitrogen and oxygen atoms in total. The van der Waals surface area contributed by atoms with Gasteiger partial charge in [0.2, 0.25) is 5.91 Å². The van der Waals surface area contributed by atoms with Gasteiger partial charge >= 0.3 is 0 Å². The molecule has 2 aromatic rings. The van der Waals surface area contributed by atoms with Crippen LogP contribution in [-0.2, 0) is 17.8 Å². The summed E-state index contributed by atoms with van der Waals surface area (Å²) < 4.78 is 11.2. The molecule has 3 rings (SSSR count). The standard InChI is InChI=1S/C22H28N2O3/c1-16-5-10-21-18(11-16)13-24(19(15-27-21)14-23(2)3)22(25)12-17-6-8-20(26-4)9-7-17/h5-11,19H,12-15H2,1-4H3/t19-/m1/s1. The first-order valence-electron chi connectivity index (χ1n) is 9.25. The van der Waals surface area contributed by atoms with Gasteiger partial charge in [-0.25, -0.2) is 0 Å². The second-order valence-corrected chi connectivity index (χ2v) is 7.38. The van der Waals surface area contributed by atoms with Gasteiger partial charge in [-0.05, 0) is 44.8 Å². The van der Waals surface area contributed by atoms with Crippen LogP contribution < -0.4 is 9.47 Å². The van der Waals surface area contributed by atoms with Crippen LogP contribution in [0.4, 0.5) is 0 Å². The number of likely N-dealkylation sites (N-methyl/N-ethyl adjacent to an activating group) is 1. The zero-order valence-corrected chi connectivity index (χ0v) is 16.6. The van der Waals surface area contributed by atoms with E-state index in [1.165, 1.54) is 5.56 Å². The summed E-state index contributed by atoms with van der Waals surface area (Å²) in [5.74, 6) is 1.79. The first-order valence-corrected chi connectivity index (χ1v) is 9.25. The first kappa shape index (κ1) is 19.2. The molecular weight excluding hydrogens is 340 g/mol. The second-order valence-electron chi connectivity index (χ2n) is 7.38. The Balaban J connectivity index is 1.83. The summed E-state index contributed by atoms with van der Waals surface area (Å²) in [6, 6.07) is 13.9. The number of hydrogen-bond acceptors (Lipinski definition) is 4. The Hall–Kier alpha value is -2.53. The summed E-state index contributed by atoms with van der Waals surface area (Å²) in [5, 5.41) is 0. The lowest BCUT2D eigenvalue weighted by Gasteiger charge is -2.31. The highest BCUT2D eigenvalue weighted by Gasteiger charge is 2.29. The highest BCUT2D eigenvalue weighted by molar-refractivity contribution is 5.79. The molecule has 1 amide bonds. The Kier molecular flexibility index (Phi) is 6.01. The maximum Gasteiger partial charge on any atom is 0.227 e. The molecule has 2 aromatic carbocycles. The summed E-state index contributed by atoms with van der Waals surface area (Å²) in [6.07, 6.45) is 0.370. The molecule has 144 valence electrons. The van der Waals surface area contributed by atoms with Crippen molar-refractivity contribution in [1.82, 2.24) is 9.80 Å². The van der Waals surface area contributed by atoms with Gasteiger partial charge in [-0.15, -0.1) is 0 Å². The highest BCUT2D eigenvalue weighted by atomic mass is 16.5. The Morgan fingerprint density at radius 1 is 1.22 bits per heavy atom. The van der Waals surface area contributed by atoms with Crippen molar-refractivity contribution in [3.63, 3.8) is 0 Å². The van der Waals surface area contributed by atoms with Crippen LogP contribution in [0.25, 0.3) is 0 Å². The van der Waals surface area contributed by atoms with Crippen LogP contribution in [-0.4, -0.2) is 56.1 Å². The molecule has 0 radical (unpaired) electrons. The number of amides is 1. The summed E-state index contributed by atoms with van der Waals surface area (Å²) in [4.78, 5) is 17.2. The van der Waals surface area contributed by atoms with Gasteiger partial charge in [0.05, 0.1) is 19.6 Å². The van der Waals surface area contributed by atoms with Crippen LogP contribution in [0.2, 0.25) is 0 Å². The van der Waals surface area contributed by atoms with Crippen LogP contribution >= 0.6 is 0 Å². The number of rotatable bonds is 5. The van der Waals surface area contributed by atoms with Gasteiger partial charge in [-0.2, -0.15) is 0 Å². The number of nitrogens with zero attached hydrogens (tertiary/aromatic N) is 2. The van der Waals surface area contributed by atoms with E-state index < -0.39 is 0 Å². The molecular formula is C22H28N2O3. The quantitative estimate of drug-likeness (QED) is 0.814. The number of aryl methyl sites for hydroxylation is 1. The Morgan fingerprint density at radius 2 is 1.96 bits per heavy atom. The molecule has 0 saturated heterocycles. The van der Waals surface area contributed by atoms with Crippen molar-refractivity contribution >= 4 is 5.91 Å². The summed E-state index contributed by atoms with van der Waals surface area (Å²) in [7, 11) is 5.69. The minimum Gasteiger partial charge on any atom is -0.497 e. The van der Waals surface area contributed by atoms with Crippen LogP contribution in [0, 0.1) is 6.92 Å². The number of carbonyl (C=O) groups is 1. The van der Waals surface area contributed by atoms with Crippen molar-refractivity contribution in [2.45, 2.75) is 25.9 Å². The zero-order valence-electron chi connectivity index (χ0n) is 16.6. The van der Waals surface area contributed by atoms with Gasteiger partial charge in [-0.1, -0.05) is 29.8 Å². The molecule has 1 heterocycles. The fraction of sp³-hybridized carbons (Fsp3) is 0.409. The number of benzene rings is 2. The average Bonchev–Trinajstić information content (AvgIpc) is 2.81. The largest absolute Gasteiger partial charge is 0.497 e. The van der Waals surface area contributed by atoms with E-state index in [9.17, 15) is 4.79 Å². The van der Waals surface area contributed by atoms with Gasteiger partial charge < -0.3 is 19.3 Å². The van der Waals surface area contributed by atoms with Crippen molar-refractivity contribution in [3.8, 4) is 11.5 Å². The van der Waals surface area contributed by atoms with Crippen LogP contribution in [0.1, 0.15) is 16.7 Å². The van der Waals surface area contributed by atoms with Crippen LogP contribution in [0.5, 0.6) is 11.5 Å². The molecule has 1 aliphatic heterocycles. The van der Waals surface area contributed by atoms with E-state index in [1.54, 1.807) is 7.11 Å². The Bertz CT molecular complexity index is 787. The molecule has 0 aliphatic carbocycles. The fourth-order valence-electron chi connectivity index (χ4n) is 3.45. The maximum absolute atomic E-state index is 13.2. The van der Waals surface area contributed by atoms with Crippen molar-refractivity contribution in [2.24, 2.45) is 0 Å². The SMILES string of the molecule is COc1ccc(CC(=O)N2Cc3cc(C)ccc3OC[C@H]2CN(C)C)cc1. The number of fused-ring (bicyclic) bond motifs is 1. The topological polar surface area (TPSA) is 42.0 Å². The maximum atomic E-state index is 13.2. The van der Waals surface area contributed by atoms with Crippen LogP contribution in [0.15, 0.2) is 42.5 Å². The summed E-state index contributed by atoms with van der Waals surface area (Å²) >= 11 is 0. The lowest BCUT2D eigenvalue weighted by Crippen LogP contribution is -2.47. The molecule has 27 heavy (non-hydrogen) atoms. The zero-order chi connectivity index (χ0) is 19.4. The minimum absolute atomic E-state index is 0.0125. The van der Waals surface area contributed by atoms with E-state index in [0.29, 0.717) is 19.6 Å². The molecule has 0 bridgehead atoms. The van der Waals surface area contributed by atoms with Gasteiger partial charge in [0.1, 0.15) is 18.1 Å². The summed E-state index contributed by atoms with van der Waals surface area (Å²) in [6.45, 7) is 3.90.